The summed E-state index contributed by atoms with van der Waals surface area (Å²) in [5, 5.41) is 2.60. The van der Waals surface area contributed by atoms with Crippen LogP contribution in [0.2, 0.25) is 0 Å². The molecule has 0 radical (unpaired) electrons. The normalized spacial score (nSPS) is 12.0. The van der Waals surface area contributed by atoms with E-state index in [1.807, 2.05) is 0 Å². The van der Waals surface area contributed by atoms with Crippen LogP contribution in [-0.4, -0.2) is 32.8 Å². The Hall–Kier alpha value is -1.66. The average molecular weight is 270 g/mol. The highest BCUT2D eigenvalue weighted by molar-refractivity contribution is 5.77. The van der Waals surface area contributed by atoms with Gasteiger partial charge in [-0.25, -0.2) is 4.39 Å². The van der Waals surface area contributed by atoms with Gasteiger partial charge in [0.2, 0.25) is 0 Å². The number of nitrogens with one attached hydrogen (secondary N) is 1. The van der Waals surface area contributed by atoms with Gasteiger partial charge in [0.25, 0.3) is 5.91 Å². The molecule has 5 nitrogen and oxygen atoms in total. The molecule has 1 aromatic rings. The quantitative estimate of drug-likeness (QED) is 0.725. The predicted molar refractivity (Wildman–Crippen MR) is 69.4 cm³/mol. The Bertz CT molecular complexity index is 424. The first-order valence-electron chi connectivity index (χ1n) is 5.98. The van der Waals surface area contributed by atoms with Gasteiger partial charge < -0.3 is 20.5 Å². The SMILES string of the molecule is COCCNC(=O)COc1cc(F)ccc1[C@@H](C)N. The summed E-state index contributed by atoms with van der Waals surface area (Å²) in [5.74, 6) is -0.437. The summed E-state index contributed by atoms with van der Waals surface area (Å²) < 4.78 is 23.2. The van der Waals surface area contributed by atoms with Crippen molar-refractivity contribution in [1.29, 1.82) is 0 Å². The van der Waals surface area contributed by atoms with Crippen molar-refractivity contribution in [2.45, 2.75) is 13.0 Å². The van der Waals surface area contributed by atoms with Crippen LogP contribution in [0.5, 0.6) is 5.75 Å². The minimum absolute atomic E-state index is 0.188. The van der Waals surface area contributed by atoms with Gasteiger partial charge in [-0.1, -0.05) is 6.07 Å². The van der Waals surface area contributed by atoms with E-state index in [2.05, 4.69) is 5.32 Å². The van der Waals surface area contributed by atoms with E-state index in [9.17, 15) is 9.18 Å². The molecule has 1 aromatic carbocycles. The first-order valence-corrected chi connectivity index (χ1v) is 5.98. The van der Waals surface area contributed by atoms with E-state index in [4.69, 9.17) is 15.2 Å². The van der Waals surface area contributed by atoms with Gasteiger partial charge in [-0.15, -0.1) is 0 Å². The molecule has 0 aliphatic rings. The van der Waals surface area contributed by atoms with Crippen molar-refractivity contribution in [2.24, 2.45) is 5.73 Å². The lowest BCUT2D eigenvalue weighted by atomic mass is 10.1. The van der Waals surface area contributed by atoms with E-state index < -0.39 is 5.82 Å². The minimum atomic E-state index is -0.431. The minimum Gasteiger partial charge on any atom is -0.483 e. The molecule has 0 unspecified atom stereocenters. The summed E-state index contributed by atoms with van der Waals surface area (Å²) in [6.45, 7) is 2.41. The Balaban J connectivity index is 2.56. The van der Waals surface area contributed by atoms with Crippen LogP contribution < -0.4 is 15.8 Å². The molecule has 3 N–H and O–H groups in total. The van der Waals surface area contributed by atoms with E-state index in [0.29, 0.717) is 18.7 Å². The van der Waals surface area contributed by atoms with E-state index >= 15 is 0 Å². The van der Waals surface area contributed by atoms with Gasteiger partial charge in [-0.05, 0) is 13.0 Å². The maximum Gasteiger partial charge on any atom is 0.258 e. The van der Waals surface area contributed by atoms with Gasteiger partial charge in [0.15, 0.2) is 6.61 Å². The fourth-order valence-corrected chi connectivity index (χ4v) is 1.50. The Labute approximate surface area is 111 Å². The summed E-state index contributed by atoms with van der Waals surface area (Å²) in [4.78, 5) is 11.4. The fourth-order valence-electron chi connectivity index (χ4n) is 1.50. The Kier molecular flexibility index (Phi) is 6.24. The second kappa shape index (κ2) is 7.70. The average Bonchev–Trinajstić information content (AvgIpc) is 2.36. The third kappa shape index (κ3) is 5.23. The van der Waals surface area contributed by atoms with Crippen LogP contribution in [0.1, 0.15) is 18.5 Å². The Morgan fingerprint density at radius 2 is 2.26 bits per heavy atom. The van der Waals surface area contributed by atoms with Crippen molar-refractivity contribution < 1.29 is 18.7 Å². The highest BCUT2D eigenvalue weighted by Gasteiger charge is 2.11. The van der Waals surface area contributed by atoms with E-state index in [1.54, 1.807) is 20.1 Å². The van der Waals surface area contributed by atoms with Crippen LogP contribution in [0.3, 0.4) is 0 Å². The second-order valence-corrected chi connectivity index (χ2v) is 4.10. The van der Waals surface area contributed by atoms with Crippen LogP contribution in [-0.2, 0) is 9.53 Å². The molecular weight excluding hydrogens is 251 g/mol. The molecule has 6 heteroatoms. The third-order valence-corrected chi connectivity index (χ3v) is 2.45. The third-order valence-electron chi connectivity index (χ3n) is 2.45. The molecule has 0 saturated heterocycles. The molecule has 0 heterocycles. The molecule has 106 valence electrons. The number of amides is 1. The lowest BCUT2D eigenvalue weighted by molar-refractivity contribution is -0.123. The van der Waals surface area contributed by atoms with Gasteiger partial charge in [-0.3, -0.25) is 4.79 Å². The number of hydrogen-bond acceptors (Lipinski definition) is 4. The topological polar surface area (TPSA) is 73.6 Å². The summed E-state index contributed by atoms with van der Waals surface area (Å²) in [6.07, 6.45) is 0. The zero-order chi connectivity index (χ0) is 14.3. The summed E-state index contributed by atoms with van der Waals surface area (Å²) >= 11 is 0. The Morgan fingerprint density at radius 1 is 1.53 bits per heavy atom. The molecule has 1 amide bonds. The number of ether oxygens (including phenoxy) is 2. The van der Waals surface area contributed by atoms with Gasteiger partial charge in [0, 0.05) is 31.3 Å². The van der Waals surface area contributed by atoms with Crippen molar-refractivity contribution in [3.8, 4) is 5.75 Å². The fraction of sp³-hybridized carbons (Fsp3) is 0.462. The molecule has 0 aliphatic heterocycles. The number of hydrogen-bond donors (Lipinski definition) is 2. The van der Waals surface area contributed by atoms with Crippen LogP contribution in [0, 0.1) is 5.82 Å². The largest absolute Gasteiger partial charge is 0.483 e. The van der Waals surface area contributed by atoms with Gasteiger partial charge in [0.05, 0.1) is 6.61 Å². The van der Waals surface area contributed by atoms with Crippen molar-refractivity contribution in [3.05, 3.63) is 29.6 Å². The number of benzene rings is 1. The van der Waals surface area contributed by atoms with E-state index in [1.165, 1.54) is 12.1 Å². The smallest absolute Gasteiger partial charge is 0.258 e. The molecule has 1 rings (SSSR count). The molecule has 0 spiro atoms. The summed E-state index contributed by atoms with van der Waals surface area (Å²) in [5.41, 5.74) is 6.41. The molecular formula is C13H19FN2O3. The van der Waals surface area contributed by atoms with Gasteiger partial charge in [0.1, 0.15) is 11.6 Å². The predicted octanol–water partition coefficient (Wildman–Crippen LogP) is 0.987. The molecule has 0 saturated carbocycles. The van der Waals surface area contributed by atoms with Crippen LogP contribution >= 0.6 is 0 Å². The van der Waals surface area contributed by atoms with Crippen molar-refractivity contribution in [2.75, 3.05) is 26.9 Å². The molecule has 0 aromatic heterocycles. The number of rotatable bonds is 7. The van der Waals surface area contributed by atoms with Crippen molar-refractivity contribution in [3.63, 3.8) is 0 Å². The molecule has 19 heavy (non-hydrogen) atoms. The van der Waals surface area contributed by atoms with Crippen molar-refractivity contribution in [1.82, 2.24) is 5.32 Å². The monoisotopic (exact) mass is 270 g/mol. The molecule has 0 fully saturated rings. The van der Waals surface area contributed by atoms with Crippen LogP contribution in [0.25, 0.3) is 0 Å². The number of carbonyl (C=O) groups excluding carboxylic acids is 1. The van der Waals surface area contributed by atoms with Gasteiger partial charge >= 0.3 is 0 Å². The van der Waals surface area contributed by atoms with Crippen LogP contribution in [0.15, 0.2) is 18.2 Å². The lowest BCUT2D eigenvalue weighted by Crippen LogP contribution is -2.31. The van der Waals surface area contributed by atoms with Crippen LogP contribution in [0.4, 0.5) is 4.39 Å². The summed E-state index contributed by atoms with van der Waals surface area (Å²) in [7, 11) is 1.55. The maximum absolute atomic E-state index is 13.1. The first-order chi connectivity index (χ1) is 9.04. The lowest BCUT2D eigenvalue weighted by Gasteiger charge is -2.14. The molecule has 1 atom stereocenters. The standard InChI is InChI=1S/C13H19FN2O3/c1-9(15)11-4-3-10(14)7-12(11)19-8-13(17)16-5-6-18-2/h3-4,7,9H,5-6,8,15H2,1-2H3,(H,16,17)/t9-/m1/s1. The zero-order valence-electron chi connectivity index (χ0n) is 11.1. The number of methoxy groups -OCH3 is 1. The number of nitrogens with two attached hydrogens (primary N) is 1. The van der Waals surface area contributed by atoms with Crippen molar-refractivity contribution >= 4 is 5.91 Å². The first kappa shape index (κ1) is 15.4. The number of halogens is 1. The molecule has 0 aliphatic carbocycles. The van der Waals surface area contributed by atoms with E-state index in [-0.39, 0.29) is 24.3 Å². The zero-order valence-corrected chi connectivity index (χ0v) is 11.1. The summed E-state index contributed by atoms with van der Waals surface area (Å²) in [6, 6.07) is 3.79. The highest BCUT2D eigenvalue weighted by Crippen LogP contribution is 2.24. The second-order valence-electron chi connectivity index (χ2n) is 4.10. The Morgan fingerprint density at radius 3 is 2.89 bits per heavy atom. The molecule has 0 bridgehead atoms. The number of carbonyl (C=O) groups is 1. The van der Waals surface area contributed by atoms with Gasteiger partial charge in [-0.2, -0.15) is 0 Å². The maximum atomic E-state index is 13.1. The highest BCUT2D eigenvalue weighted by atomic mass is 19.1. The van der Waals surface area contributed by atoms with E-state index in [0.717, 1.165) is 0 Å².